The predicted octanol–water partition coefficient (Wildman–Crippen LogP) is 1.62. The fourth-order valence-electron chi connectivity index (χ4n) is 2.58. The molecule has 0 radical (unpaired) electrons. The first-order valence-electron chi connectivity index (χ1n) is 8.11. The van der Waals surface area contributed by atoms with Crippen LogP contribution in [-0.4, -0.2) is 53.4 Å². The van der Waals surface area contributed by atoms with E-state index in [4.69, 9.17) is 4.52 Å². The number of carbonyl (C=O) groups excluding carboxylic acids is 1. The monoisotopic (exact) mass is 309 g/mol. The van der Waals surface area contributed by atoms with Crippen LogP contribution in [0.4, 0.5) is 0 Å². The first-order chi connectivity index (χ1) is 10.5. The Morgan fingerprint density at radius 2 is 2.18 bits per heavy atom. The molecule has 0 spiro atoms. The molecule has 1 aromatic rings. The summed E-state index contributed by atoms with van der Waals surface area (Å²) in [5.74, 6) is 1.35. The molecular formula is C16H27N3O3. The minimum absolute atomic E-state index is 0.195. The van der Waals surface area contributed by atoms with Crippen LogP contribution in [0.1, 0.15) is 55.8 Å². The molecule has 0 saturated carbocycles. The second-order valence-corrected chi connectivity index (χ2v) is 6.62. The molecule has 6 heteroatoms. The van der Waals surface area contributed by atoms with Crippen molar-refractivity contribution in [1.82, 2.24) is 15.4 Å². The zero-order valence-electron chi connectivity index (χ0n) is 13.7. The fourth-order valence-corrected chi connectivity index (χ4v) is 2.58. The lowest BCUT2D eigenvalue weighted by atomic mass is 9.99. The third-order valence-corrected chi connectivity index (χ3v) is 4.17. The largest absolute Gasteiger partial charge is 0.390 e. The van der Waals surface area contributed by atoms with Gasteiger partial charge in [0.2, 0.25) is 0 Å². The van der Waals surface area contributed by atoms with E-state index in [1.54, 1.807) is 6.07 Å². The number of aliphatic hydroxyl groups is 1. The van der Waals surface area contributed by atoms with Crippen molar-refractivity contribution in [3.63, 3.8) is 0 Å². The number of nitrogens with zero attached hydrogens (tertiary/aromatic N) is 2. The van der Waals surface area contributed by atoms with E-state index in [1.807, 2.05) is 13.8 Å². The highest BCUT2D eigenvalue weighted by Crippen LogP contribution is 2.16. The van der Waals surface area contributed by atoms with Crippen molar-refractivity contribution in [2.24, 2.45) is 5.92 Å². The summed E-state index contributed by atoms with van der Waals surface area (Å²) < 4.78 is 5.10. The average Bonchev–Trinajstić information content (AvgIpc) is 2.97. The van der Waals surface area contributed by atoms with Crippen molar-refractivity contribution < 1.29 is 14.4 Å². The van der Waals surface area contributed by atoms with Crippen LogP contribution in [0.2, 0.25) is 0 Å². The van der Waals surface area contributed by atoms with Crippen LogP contribution in [0.15, 0.2) is 10.6 Å². The molecule has 1 fully saturated rings. The second-order valence-electron chi connectivity index (χ2n) is 6.62. The van der Waals surface area contributed by atoms with Gasteiger partial charge in [-0.2, -0.15) is 0 Å². The number of amides is 1. The first kappa shape index (κ1) is 17.0. The smallest absolute Gasteiger partial charge is 0.273 e. The van der Waals surface area contributed by atoms with Crippen LogP contribution in [0.3, 0.4) is 0 Å². The number of likely N-dealkylation sites (tertiary alicyclic amines) is 1. The summed E-state index contributed by atoms with van der Waals surface area (Å²) in [5.41, 5.74) is 0.266. The fraction of sp³-hybridized carbons (Fsp3) is 0.750. The molecule has 1 aliphatic heterocycles. The Hall–Kier alpha value is -1.40. The number of piperidine rings is 1. The van der Waals surface area contributed by atoms with Crippen LogP contribution in [0, 0.1) is 5.92 Å². The quantitative estimate of drug-likeness (QED) is 0.835. The standard InChI is InChI=1S/C16H27N3O3/c1-11(2)15-8-14(18-22-15)16(21)17-9-13(20)10-19-6-4-12(3)5-7-19/h8,11-13,20H,4-7,9-10H2,1-3H3,(H,17,21). The van der Waals surface area contributed by atoms with E-state index in [0.717, 1.165) is 19.0 Å². The molecule has 1 aromatic heterocycles. The lowest BCUT2D eigenvalue weighted by Crippen LogP contribution is -2.43. The molecule has 1 saturated heterocycles. The van der Waals surface area contributed by atoms with Gasteiger partial charge in [-0.15, -0.1) is 0 Å². The van der Waals surface area contributed by atoms with Gasteiger partial charge in [0.05, 0.1) is 6.10 Å². The molecule has 0 bridgehead atoms. The summed E-state index contributed by atoms with van der Waals surface area (Å²) in [4.78, 5) is 14.2. The van der Waals surface area contributed by atoms with E-state index in [9.17, 15) is 9.90 Å². The van der Waals surface area contributed by atoms with Gasteiger partial charge in [-0.1, -0.05) is 25.9 Å². The first-order valence-corrected chi connectivity index (χ1v) is 8.11. The molecule has 0 aromatic carbocycles. The van der Waals surface area contributed by atoms with Gasteiger partial charge in [-0.05, 0) is 31.8 Å². The van der Waals surface area contributed by atoms with Gasteiger partial charge in [0.1, 0.15) is 5.76 Å². The Labute approximate surface area is 131 Å². The minimum atomic E-state index is -0.561. The molecule has 1 amide bonds. The van der Waals surface area contributed by atoms with Gasteiger partial charge in [0.25, 0.3) is 5.91 Å². The maximum absolute atomic E-state index is 12.0. The Morgan fingerprint density at radius 1 is 1.50 bits per heavy atom. The lowest BCUT2D eigenvalue weighted by Gasteiger charge is -2.31. The van der Waals surface area contributed by atoms with E-state index in [1.165, 1.54) is 12.8 Å². The molecule has 124 valence electrons. The topological polar surface area (TPSA) is 78.6 Å². The van der Waals surface area contributed by atoms with E-state index < -0.39 is 6.10 Å². The zero-order valence-corrected chi connectivity index (χ0v) is 13.7. The predicted molar refractivity (Wildman–Crippen MR) is 83.8 cm³/mol. The minimum Gasteiger partial charge on any atom is -0.390 e. The number of aliphatic hydroxyl groups excluding tert-OH is 1. The van der Waals surface area contributed by atoms with E-state index >= 15 is 0 Å². The summed E-state index contributed by atoms with van der Waals surface area (Å²) in [6, 6.07) is 1.65. The SMILES string of the molecule is CC1CCN(CC(O)CNC(=O)c2cc(C(C)C)on2)CC1. The number of hydrogen-bond donors (Lipinski definition) is 2. The number of rotatable bonds is 6. The van der Waals surface area contributed by atoms with Crippen molar-refractivity contribution >= 4 is 5.91 Å². The van der Waals surface area contributed by atoms with Crippen molar-refractivity contribution in [3.05, 3.63) is 17.5 Å². The summed E-state index contributed by atoms with van der Waals surface area (Å²) in [6.45, 7) is 9.09. The maximum atomic E-state index is 12.0. The molecule has 2 heterocycles. The zero-order chi connectivity index (χ0) is 16.1. The summed E-state index contributed by atoms with van der Waals surface area (Å²) in [6.07, 6.45) is 1.79. The third-order valence-electron chi connectivity index (χ3n) is 4.17. The third kappa shape index (κ3) is 4.81. The molecule has 22 heavy (non-hydrogen) atoms. The van der Waals surface area contributed by atoms with Crippen LogP contribution in [0.5, 0.6) is 0 Å². The highest BCUT2D eigenvalue weighted by atomic mass is 16.5. The number of carbonyl (C=O) groups is 1. The van der Waals surface area contributed by atoms with Crippen LogP contribution >= 0.6 is 0 Å². The van der Waals surface area contributed by atoms with Crippen molar-refractivity contribution in [3.8, 4) is 0 Å². The van der Waals surface area contributed by atoms with Crippen molar-refractivity contribution in [2.45, 2.75) is 45.6 Å². The number of hydrogen-bond acceptors (Lipinski definition) is 5. The van der Waals surface area contributed by atoms with E-state index in [2.05, 4.69) is 22.3 Å². The maximum Gasteiger partial charge on any atom is 0.273 e. The van der Waals surface area contributed by atoms with Gasteiger partial charge >= 0.3 is 0 Å². The molecule has 1 unspecified atom stereocenters. The summed E-state index contributed by atoms with van der Waals surface area (Å²) >= 11 is 0. The van der Waals surface area contributed by atoms with Crippen LogP contribution in [0.25, 0.3) is 0 Å². The lowest BCUT2D eigenvalue weighted by molar-refractivity contribution is 0.0790. The molecular weight excluding hydrogens is 282 g/mol. The second kappa shape index (κ2) is 7.74. The van der Waals surface area contributed by atoms with Crippen molar-refractivity contribution in [2.75, 3.05) is 26.2 Å². The normalized spacial score (nSPS) is 18.6. The van der Waals surface area contributed by atoms with Gasteiger partial charge in [0.15, 0.2) is 5.69 Å². The van der Waals surface area contributed by atoms with Gasteiger partial charge in [0, 0.05) is 25.1 Å². The van der Waals surface area contributed by atoms with Gasteiger partial charge in [-0.25, -0.2) is 0 Å². The van der Waals surface area contributed by atoms with E-state index in [-0.39, 0.29) is 24.1 Å². The molecule has 1 aliphatic rings. The van der Waals surface area contributed by atoms with Gasteiger partial charge < -0.3 is 19.8 Å². The number of aromatic nitrogens is 1. The number of β-amino-alcohol motifs (C(OH)–C–C–N with tert-alkyl or cyclic N) is 1. The Bertz CT molecular complexity index is 479. The molecule has 1 atom stereocenters. The highest BCUT2D eigenvalue weighted by molar-refractivity contribution is 5.92. The Morgan fingerprint density at radius 3 is 2.77 bits per heavy atom. The Kier molecular flexibility index (Phi) is 5.97. The molecule has 2 rings (SSSR count). The Balaban J connectivity index is 1.73. The number of nitrogens with one attached hydrogen (secondary N) is 1. The summed E-state index contributed by atoms with van der Waals surface area (Å²) in [7, 11) is 0. The molecule has 0 aliphatic carbocycles. The van der Waals surface area contributed by atoms with Gasteiger partial charge in [-0.3, -0.25) is 4.79 Å². The molecule has 6 nitrogen and oxygen atoms in total. The van der Waals surface area contributed by atoms with Crippen LogP contribution in [-0.2, 0) is 0 Å². The van der Waals surface area contributed by atoms with E-state index in [0.29, 0.717) is 12.3 Å². The van der Waals surface area contributed by atoms with Crippen molar-refractivity contribution in [1.29, 1.82) is 0 Å². The highest BCUT2D eigenvalue weighted by Gasteiger charge is 2.19. The average molecular weight is 309 g/mol. The van der Waals surface area contributed by atoms with Crippen LogP contribution < -0.4 is 5.32 Å². The summed E-state index contributed by atoms with van der Waals surface area (Å²) in [5, 5.41) is 16.5. The molecule has 2 N–H and O–H groups in total.